The third-order valence-electron chi connectivity index (χ3n) is 3.70. The average molecular weight is 389 g/mol. The molecule has 9 heteroatoms. The number of aliphatic hydroxyl groups excluding tert-OH is 2. The van der Waals surface area contributed by atoms with E-state index in [-0.39, 0.29) is 11.4 Å². The lowest BCUT2D eigenvalue weighted by atomic mass is 10.1. The van der Waals surface area contributed by atoms with Crippen LogP contribution in [0.3, 0.4) is 0 Å². The second-order valence-corrected chi connectivity index (χ2v) is 6.07. The maximum Gasteiger partial charge on any atom is 0.361 e. The van der Waals surface area contributed by atoms with Crippen LogP contribution in [0.1, 0.15) is 0 Å². The van der Waals surface area contributed by atoms with Crippen molar-refractivity contribution in [1.82, 2.24) is 0 Å². The van der Waals surface area contributed by atoms with Crippen molar-refractivity contribution in [3.05, 3.63) is 59.6 Å². The standard InChI is InChI=1S/C18H17ClN4O4/c19-11-6-8-13(9-7-11)21-22-15-16(18(26)27-17(15)14(25)10-24)23-20-12-4-2-1-3-5-12/h1-9,14,17,20-21,24-25H,10H2. The molecule has 2 atom stereocenters. The fourth-order valence-electron chi connectivity index (χ4n) is 2.32. The summed E-state index contributed by atoms with van der Waals surface area (Å²) in [5.74, 6) is -0.757. The highest BCUT2D eigenvalue weighted by Crippen LogP contribution is 2.17. The molecule has 27 heavy (non-hydrogen) atoms. The number of para-hydroxylation sites is 1. The van der Waals surface area contributed by atoms with Crippen molar-refractivity contribution in [3.8, 4) is 0 Å². The van der Waals surface area contributed by atoms with Crippen LogP contribution in [0.4, 0.5) is 11.4 Å². The Balaban J connectivity index is 1.87. The molecule has 0 aromatic heterocycles. The average Bonchev–Trinajstić information content (AvgIpc) is 3.01. The third kappa shape index (κ3) is 4.62. The normalized spacial score (nSPS) is 20.6. The molecule has 0 spiro atoms. The van der Waals surface area contributed by atoms with Crippen molar-refractivity contribution in [3.63, 3.8) is 0 Å². The first-order valence-corrected chi connectivity index (χ1v) is 8.44. The summed E-state index contributed by atoms with van der Waals surface area (Å²) in [5.41, 5.74) is 6.76. The molecular weight excluding hydrogens is 372 g/mol. The maximum atomic E-state index is 12.2. The van der Waals surface area contributed by atoms with Crippen LogP contribution >= 0.6 is 11.6 Å². The molecule has 0 amide bonds. The van der Waals surface area contributed by atoms with Gasteiger partial charge in [-0.25, -0.2) is 4.79 Å². The van der Waals surface area contributed by atoms with Crippen molar-refractivity contribution in [2.45, 2.75) is 12.2 Å². The molecule has 4 N–H and O–H groups in total. The van der Waals surface area contributed by atoms with E-state index in [0.717, 1.165) is 0 Å². The first kappa shape index (κ1) is 18.8. The number of hydrogen-bond donors (Lipinski definition) is 4. The predicted octanol–water partition coefficient (Wildman–Crippen LogP) is 1.85. The summed E-state index contributed by atoms with van der Waals surface area (Å²) in [6, 6.07) is 15.7. The predicted molar refractivity (Wildman–Crippen MR) is 103 cm³/mol. The monoisotopic (exact) mass is 388 g/mol. The number of anilines is 2. The Hall–Kier alpha value is -2.94. The number of esters is 1. The van der Waals surface area contributed by atoms with Crippen LogP contribution in [0.15, 0.2) is 64.8 Å². The minimum Gasteiger partial charge on any atom is -0.448 e. The van der Waals surface area contributed by atoms with Gasteiger partial charge in [0.1, 0.15) is 11.8 Å². The number of halogens is 1. The molecule has 2 aromatic carbocycles. The lowest BCUT2D eigenvalue weighted by molar-refractivity contribution is -0.140. The molecule has 140 valence electrons. The molecule has 2 aromatic rings. The summed E-state index contributed by atoms with van der Waals surface area (Å²) in [6.07, 6.45) is -2.47. The van der Waals surface area contributed by atoms with Gasteiger partial charge in [-0.05, 0) is 36.4 Å². The largest absolute Gasteiger partial charge is 0.448 e. The van der Waals surface area contributed by atoms with Crippen LogP contribution in [-0.2, 0) is 9.53 Å². The van der Waals surface area contributed by atoms with Crippen LogP contribution in [0.25, 0.3) is 0 Å². The fourth-order valence-corrected chi connectivity index (χ4v) is 2.45. The second-order valence-electron chi connectivity index (χ2n) is 5.63. The number of nitrogens with zero attached hydrogens (tertiary/aromatic N) is 2. The minimum absolute atomic E-state index is 0.0694. The number of aliphatic hydroxyl groups is 2. The Kier molecular flexibility index (Phi) is 6.02. The summed E-state index contributed by atoms with van der Waals surface area (Å²) < 4.78 is 5.12. The highest BCUT2D eigenvalue weighted by Gasteiger charge is 2.42. The number of hydrazone groups is 2. The number of cyclic esters (lactones) is 1. The van der Waals surface area contributed by atoms with Gasteiger partial charge < -0.3 is 14.9 Å². The molecule has 0 bridgehead atoms. The highest BCUT2D eigenvalue weighted by molar-refractivity contribution is 6.69. The van der Waals surface area contributed by atoms with E-state index in [1.807, 2.05) is 18.2 Å². The van der Waals surface area contributed by atoms with Crippen LogP contribution < -0.4 is 10.9 Å². The summed E-state index contributed by atoms with van der Waals surface area (Å²) in [6.45, 7) is -0.600. The second kappa shape index (κ2) is 8.63. The Labute approximate surface area is 160 Å². The van der Waals surface area contributed by atoms with Crippen LogP contribution in [-0.4, -0.2) is 46.4 Å². The molecule has 8 nitrogen and oxygen atoms in total. The molecule has 1 aliphatic rings. The number of nitrogens with one attached hydrogen (secondary N) is 2. The molecule has 0 radical (unpaired) electrons. The third-order valence-corrected chi connectivity index (χ3v) is 3.95. The number of carbonyl (C=O) groups is 1. The molecule has 3 rings (SSSR count). The van der Waals surface area contributed by atoms with Crippen molar-refractivity contribution in [2.24, 2.45) is 10.2 Å². The Morgan fingerprint density at radius 1 is 1.04 bits per heavy atom. The zero-order chi connectivity index (χ0) is 19.2. The first-order chi connectivity index (χ1) is 13.1. The van der Waals surface area contributed by atoms with E-state index < -0.39 is 24.8 Å². The van der Waals surface area contributed by atoms with Crippen LogP contribution in [0.2, 0.25) is 5.02 Å². The van der Waals surface area contributed by atoms with Crippen molar-refractivity contribution < 1.29 is 19.7 Å². The number of carbonyl (C=O) groups excluding carboxylic acids is 1. The van der Waals surface area contributed by atoms with Gasteiger partial charge in [-0.3, -0.25) is 10.9 Å². The van der Waals surface area contributed by atoms with E-state index in [2.05, 4.69) is 21.1 Å². The lowest BCUT2D eigenvalue weighted by Crippen LogP contribution is -2.36. The Morgan fingerprint density at radius 2 is 1.67 bits per heavy atom. The van der Waals surface area contributed by atoms with Crippen LogP contribution in [0.5, 0.6) is 0 Å². The smallest absolute Gasteiger partial charge is 0.361 e. The van der Waals surface area contributed by atoms with Gasteiger partial charge in [0.25, 0.3) is 0 Å². The van der Waals surface area contributed by atoms with Gasteiger partial charge in [0.2, 0.25) is 0 Å². The summed E-state index contributed by atoms with van der Waals surface area (Å²) >= 11 is 5.85. The van der Waals surface area contributed by atoms with Gasteiger partial charge in [-0.2, -0.15) is 10.2 Å². The minimum atomic E-state index is -1.33. The Morgan fingerprint density at radius 3 is 2.33 bits per heavy atom. The molecule has 1 aliphatic heterocycles. The van der Waals surface area contributed by atoms with Gasteiger partial charge in [0.05, 0.1) is 18.0 Å². The van der Waals surface area contributed by atoms with Gasteiger partial charge in [-0.15, -0.1) is 0 Å². The SMILES string of the molecule is O=C1OC(C(O)CO)C(=NNc2ccc(Cl)cc2)C1=NNc1ccccc1. The number of hydrogen-bond acceptors (Lipinski definition) is 8. The quantitative estimate of drug-likeness (QED) is 0.443. The maximum absolute atomic E-state index is 12.2. The summed E-state index contributed by atoms with van der Waals surface area (Å²) in [4.78, 5) is 12.2. The van der Waals surface area contributed by atoms with Gasteiger partial charge in [0, 0.05) is 5.02 Å². The van der Waals surface area contributed by atoms with Crippen LogP contribution in [0, 0.1) is 0 Å². The number of rotatable bonds is 6. The number of ether oxygens (including phenoxy) is 1. The molecule has 1 saturated heterocycles. The van der Waals surface area contributed by atoms with Crippen molar-refractivity contribution in [2.75, 3.05) is 17.5 Å². The molecule has 2 unspecified atom stereocenters. The Bertz CT molecular complexity index is 855. The van der Waals surface area contributed by atoms with E-state index in [1.165, 1.54) is 0 Å². The zero-order valence-electron chi connectivity index (χ0n) is 14.0. The fraction of sp³-hybridized carbons (Fsp3) is 0.167. The molecule has 1 fully saturated rings. The van der Waals surface area contributed by atoms with E-state index in [4.69, 9.17) is 16.3 Å². The van der Waals surface area contributed by atoms with E-state index in [0.29, 0.717) is 16.4 Å². The van der Waals surface area contributed by atoms with E-state index >= 15 is 0 Å². The van der Waals surface area contributed by atoms with Crippen molar-refractivity contribution >= 4 is 40.4 Å². The van der Waals surface area contributed by atoms with Gasteiger partial charge in [0.15, 0.2) is 11.8 Å². The highest BCUT2D eigenvalue weighted by atomic mass is 35.5. The molecule has 1 heterocycles. The topological polar surface area (TPSA) is 116 Å². The first-order valence-electron chi connectivity index (χ1n) is 8.06. The molecule has 0 saturated carbocycles. The summed E-state index contributed by atoms with van der Waals surface area (Å²) in [7, 11) is 0. The molecule has 0 aliphatic carbocycles. The summed E-state index contributed by atoms with van der Waals surface area (Å²) in [5, 5.41) is 28.0. The van der Waals surface area contributed by atoms with Crippen molar-refractivity contribution in [1.29, 1.82) is 0 Å². The number of benzene rings is 2. The van der Waals surface area contributed by atoms with E-state index in [1.54, 1.807) is 36.4 Å². The zero-order valence-corrected chi connectivity index (χ0v) is 14.8. The molecular formula is C18H17ClN4O4. The van der Waals surface area contributed by atoms with E-state index in [9.17, 15) is 15.0 Å². The lowest BCUT2D eigenvalue weighted by Gasteiger charge is -2.14. The van der Waals surface area contributed by atoms with Gasteiger partial charge in [-0.1, -0.05) is 29.8 Å². The van der Waals surface area contributed by atoms with Gasteiger partial charge >= 0.3 is 5.97 Å².